The largest absolute Gasteiger partial charge is 0.359 e. The van der Waals surface area contributed by atoms with Crippen LogP contribution in [0.2, 0.25) is 0 Å². The van der Waals surface area contributed by atoms with E-state index in [1.807, 2.05) is 0 Å². The van der Waals surface area contributed by atoms with Crippen molar-refractivity contribution in [2.24, 2.45) is 0 Å². The summed E-state index contributed by atoms with van der Waals surface area (Å²) in [5, 5.41) is 14.5. The van der Waals surface area contributed by atoms with E-state index < -0.39 is 0 Å². The Morgan fingerprint density at radius 3 is 3.08 bits per heavy atom. The molecule has 0 saturated carbocycles. The molecule has 0 aliphatic carbocycles. The number of ketones is 1. The molecule has 5 heteroatoms. The Hall–Kier alpha value is -1.91. The standard InChI is InChI=1S/C8H6N2O3/c1-5(11)6-3-2-4-7-8(6)10(12)13-9-7/h2-4H,1H3. The van der Waals surface area contributed by atoms with Gasteiger partial charge < -0.3 is 5.21 Å². The van der Waals surface area contributed by atoms with Gasteiger partial charge in [0.2, 0.25) is 11.0 Å². The van der Waals surface area contributed by atoms with E-state index in [0.29, 0.717) is 11.1 Å². The Balaban J connectivity index is 2.88. The molecule has 0 unspecified atom stereocenters. The lowest BCUT2D eigenvalue weighted by atomic mass is 10.1. The molecule has 0 radical (unpaired) electrons. The second-order valence-electron chi connectivity index (χ2n) is 2.66. The van der Waals surface area contributed by atoms with Crippen molar-refractivity contribution in [2.75, 3.05) is 0 Å². The lowest BCUT2D eigenvalue weighted by Gasteiger charge is -1.93. The van der Waals surface area contributed by atoms with Crippen LogP contribution in [0, 0.1) is 5.21 Å². The van der Waals surface area contributed by atoms with Crippen molar-refractivity contribution in [1.82, 2.24) is 5.16 Å². The normalized spacial score (nSPS) is 10.5. The van der Waals surface area contributed by atoms with E-state index in [2.05, 4.69) is 9.79 Å². The summed E-state index contributed by atoms with van der Waals surface area (Å²) in [7, 11) is 0. The first-order valence-corrected chi connectivity index (χ1v) is 3.69. The van der Waals surface area contributed by atoms with Crippen LogP contribution in [0.15, 0.2) is 22.8 Å². The van der Waals surface area contributed by atoms with E-state index in [1.54, 1.807) is 18.2 Å². The Kier molecular flexibility index (Phi) is 1.51. The van der Waals surface area contributed by atoms with Gasteiger partial charge >= 0.3 is 0 Å². The molecule has 66 valence electrons. The zero-order chi connectivity index (χ0) is 9.42. The van der Waals surface area contributed by atoms with Crippen molar-refractivity contribution < 1.29 is 14.3 Å². The van der Waals surface area contributed by atoms with Crippen LogP contribution in [0.5, 0.6) is 0 Å². The second-order valence-corrected chi connectivity index (χ2v) is 2.66. The summed E-state index contributed by atoms with van der Waals surface area (Å²) in [5.41, 5.74) is 0.909. The lowest BCUT2D eigenvalue weighted by Crippen LogP contribution is -2.24. The first-order chi connectivity index (χ1) is 6.20. The molecular formula is C8H6N2O3. The quantitative estimate of drug-likeness (QED) is 0.475. The van der Waals surface area contributed by atoms with Crippen molar-refractivity contribution in [3.05, 3.63) is 29.0 Å². The van der Waals surface area contributed by atoms with Crippen molar-refractivity contribution in [2.45, 2.75) is 6.92 Å². The molecule has 1 aromatic heterocycles. The van der Waals surface area contributed by atoms with E-state index in [1.165, 1.54) is 6.92 Å². The zero-order valence-electron chi connectivity index (χ0n) is 6.85. The summed E-state index contributed by atoms with van der Waals surface area (Å²) in [5.74, 6) is -0.182. The first-order valence-electron chi connectivity index (χ1n) is 3.69. The van der Waals surface area contributed by atoms with Gasteiger partial charge in [0.1, 0.15) is 0 Å². The fraction of sp³-hybridized carbons (Fsp3) is 0.125. The number of carbonyl (C=O) groups excluding carboxylic acids is 1. The maximum Gasteiger partial charge on any atom is 0.249 e. The number of hydrogen-bond acceptors (Lipinski definition) is 4. The number of fused-ring (bicyclic) bond motifs is 1. The van der Waals surface area contributed by atoms with Gasteiger partial charge in [-0.2, -0.15) is 0 Å². The van der Waals surface area contributed by atoms with Crippen molar-refractivity contribution in [3.8, 4) is 0 Å². The minimum absolute atomic E-state index is 0.182. The predicted molar refractivity (Wildman–Crippen MR) is 43.0 cm³/mol. The topological polar surface area (TPSA) is 70.0 Å². The molecule has 0 N–H and O–H groups in total. The van der Waals surface area contributed by atoms with Crippen molar-refractivity contribution >= 4 is 16.8 Å². The number of aromatic nitrogens is 2. The highest BCUT2D eigenvalue weighted by Gasteiger charge is 2.16. The van der Waals surface area contributed by atoms with Crippen LogP contribution >= 0.6 is 0 Å². The molecule has 0 aliphatic heterocycles. The van der Waals surface area contributed by atoms with Gasteiger partial charge in [0.05, 0.1) is 5.56 Å². The highest BCUT2D eigenvalue weighted by Crippen LogP contribution is 2.13. The smallest absolute Gasteiger partial charge is 0.249 e. The van der Waals surface area contributed by atoms with Crippen molar-refractivity contribution in [1.29, 1.82) is 0 Å². The maximum absolute atomic E-state index is 11.1. The number of Topliss-reactive ketones (excluding diaryl/α,β-unsaturated/α-hetero) is 1. The third-order valence-electron chi connectivity index (χ3n) is 1.79. The van der Waals surface area contributed by atoms with Crippen LogP contribution in [0.4, 0.5) is 0 Å². The summed E-state index contributed by atoms with van der Waals surface area (Å²) >= 11 is 0. The third-order valence-corrected chi connectivity index (χ3v) is 1.79. The number of nitrogens with zero attached hydrogens (tertiary/aromatic N) is 2. The Labute approximate surface area is 73.1 Å². The molecule has 13 heavy (non-hydrogen) atoms. The van der Waals surface area contributed by atoms with Gasteiger partial charge in [0, 0.05) is 5.16 Å². The predicted octanol–water partition coefficient (Wildman–Crippen LogP) is 0.664. The fourth-order valence-electron chi connectivity index (χ4n) is 1.20. The molecule has 0 fully saturated rings. The van der Waals surface area contributed by atoms with Crippen LogP contribution in [-0.4, -0.2) is 10.9 Å². The molecule has 0 atom stereocenters. The molecule has 0 saturated heterocycles. The maximum atomic E-state index is 11.1. The molecule has 0 bridgehead atoms. The SMILES string of the molecule is CC(=O)c1cccc2no[n+]([O-])c12. The molecule has 2 rings (SSSR count). The van der Waals surface area contributed by atoms with Gasteiger partial charge in [-0.05, 0) is 24.0 Å². The number of rotatable bonds is 1. The zero-order valence-corrected chi connectivity index (χ0v) is 6.85. The second kappa shape index (κ2) is 2.55. The van der Waals surface area contributed by atoms with E-state index in [0.717, 1.165) is 0 Å². The van der Waals surface area contributed by atoms with E-state index >= 15 is 0 Å². The molecular weight excluding hydrogens is 172 g/mol. The van der Waals surface area contributed by atoms with Crippen molar-refractivity contribution in [3.63, 3.8) is 0 Å². The average molecular weight is 178 g/mol. The highest BCUT2D eigenvalue weighted by molar-refractivity contribution is 6.03. The monoisotopic (exact) mass is 178 g/mol. The van der Waals surface area contributed by atoms with Crippen LogP contribution in [-0.2, 0) is 0 Å². The van der Waals surface area contributed by atoms with Crippen LogP contribution < -0.4 is 4.90 Å². The molecule has 2 aromatic rings. The summed E-state index contributed by atoms with van der Waals surface area (Å²) in [4.78, 5) is 11.3. The summed E-state index contributed by atoms with van der Waals surface area (Å²) in [6.07, 6.45) is 0. The van der Waals surface area contributed by atoms with Crippen LogP contribution in [0.25, 0.3) is 11.0 Å². The molecule has 0 spiro atoms. The lowest BCUT2D eigenvalue weighted by molar-refractivity contribution is -0.782. The molecule has 0 amide bonds. The number of benzene rings is 1. The van der Waals surface area contributed by atoms with E-state index in [9.17, 15) is 10.0 Å². The Morgan fingerprint density at radius 1 is 1.62 bits per heavy atom. The minimum Gasteiger partial charge on any atom is -0.359 e. The van der Waals surface area contributed by atoms with E-state index in [4.69, 9.17) is 0 Å². The summed E-state index contributed by atoms with van der Waals surface area (Å²) in [6.45, 7) is 1.39. The van der Waals surface area contributed by atoms with Crippen LogP contribution in [0.1, 0.15) is 17.3 Å². The van der Waals surface area contributed by atoms with E-state index in [-0.39, 0.29) is 16.2 Å². The third kappa shape index (κ3) is 1.05. The fourth-order valence-corrected chi connectivity index (χ4v) is 1.20. The Morgan fingerprint density at radius 2 is 2.38 bits per heavy atom. The van der Waals surface area contributed by atoms with Gasteiger partial charge in [-0.3, -0.25) is 9.42 Å². The summed E-state index contributed by atoms with van der Waals surface area (Å²) < 4.78 is 4.36. The van der Waals surface area contributed by atoms with Gasteiger partial charge in [-0.25, -0.2) is 0 Å². The van der Waals surface area contributed by atoms with Gasteiger partial charge in [-0.15, -0.1) is 0 Å². The number of carbonyl (C=O) groups is 1. The molecule has 5 nitrogen and oxygen atoms in total. The van der Waals surface area contributed by atoms with Gasteiger partial charge in [0.25, 0.3) is 0 Å². The van der Waals surface area contributed by atoms with Gasteiger partial charge in [-0.1, -0.05) is 6.07 Å². The molecule has 1 aromatic carbocycles. The number of hydrogen-bond donors (Lipinski definition) is 0. The Bertz CT molecular complexity index is 475. The van der Waals surface area contributed by atoms with Crippen LogP contribution in [0.3, 0.4) is 0 Å². The number of para-hydroxylation sites is 1. The molecule has 1 heterocycles. The van der Waals surface area contributed by atoms with Gasteiger partial charge in [0.15, 0.2) is 5.78 Å². The average Bonchev–Trinajstić information content (AvgIpc) is 2.48. The minimum atomic E-state index is -0.182. The highest BCUT2D eigenvalue weighted by atomic mass is 16.8. The molecule has 0 aliphatic rings. The first kappa shape index (κ1) is 7.72. The summed E-state index contributed by atoms with van der Waals surface area (Å²) in [6, 6.07) is 4.83.